The smallest absolute Gasteiger partial charge is 0.306 e. The van der Waals surface area contributed by atoms with Crippen molar-refractivity contribution in [2.45, 2.75) is 76.3 Å². The topological polar surface area (TPSA) is 145 Å². The van der Waals surface area contributed by atoms with Crippen LogP contribution < -0.4 is 47.4 Å². The lowest BCUT2D eigenvalue weighted by molar-refractivity contribution is -0.941. The number of likely N-dealkylation sites (N-methyl/N-ethyl adjacent to an activating group) is 2. The van der Waals surface area contributed by atoms with E-state index in [1.807, 2.05) is 36.4 Å². The predicted molar refractivity (Wildman–Crippen MR) is 282 cm³/mol. The minimum absolute atomic E-state index is 0.0564. The normalized spacial score (nSPS) is 18.9. The van der Waals surface area contributed by atoms with Crippen LogP contribution >= 0.6 is 0 Å². The first-order valence-electron chi connectivity index (χ1n) is 25.4. The van der Waals surface area contributed by atoms with E-state index in [9.17, 15) is 9.59 Å². The lowest BCUT2D eigenvalue weighted by Crippen LogP contribution is -2.52. The highest BCUT2D eigenvalue weighted by molar-refractivity contribution is 5.70. The van der Waals surface area contributed by atoms with E-state index in [-0.39, 0.29) is 36.7 Å². The van der Waals surface area contributed by atoms with E-state index in [2.05, 4.69) is 38.4 Å². The molecule has 0 N–H and O–H groups in total. The van der Waals surface area contributed by atoms with Crippen molar-refractivity contribution in [2.75, 3.05) is 125 Å². The van der Waals surface area contributed by atoms with Gasteiger partial charge in [-0.1, -0.05) is 12.2 Å². The van der Waals surface area contributed by atoms with E-state index in [1.54, 1.807) is 71.1 Å². The SMILES string of the molecule is COc1cc2c(cc1OC)[C@@H](Cc1cc(OC)c(OC)c(OC)c1)C[N+](C)(CCCOC(=O)CC/C=C/CCC(=O)OCCC[N+]1(C)CCc3cc(OC)c(OC)cc3[C@H]1Cc1cc(OC)c(OC)c(OC)c1)C2. The molecule has 404 valence electrons. The Balaban J connectivity index is 0.951. The van der Waals surface area contributed by atoms with Crippen molar-refractivity contribution in [3.05, 3.63) is 94.1 Å². The maximum Gasteiger partial charge on any atom is 0.306 e. The molecule has 0 radical (unpaired) electrons. The number of allylic oxidation sites excluding steroid dienone is 2. The number of esters is 2. The zero-order valence-corrected chi connectivity index (χ0v) is 45.9. The van der Waals surface area contributed by atoms with Crippen molar-refractivity contribution in [2.24, 2.45) is 0 Å². The van der Waals surface area contributed by atoms with E-state index in [0.29, 0.717) is 103 Å². The van der Waals surface area contributed by atoms with E-state index >= 15 is 0 Å². The van der Waals surface area contributed by atoms with Gasteiger partial charge in [-0.3, -0.25) is 9.59 Å². The van der Waals surface area contributed by atoms with Gasteiger partial charge in [-0.2, -0.15) is 0 Å². The summed E-state index contributed by atoms with van der Waals surface area (Å²) in [4.78, 5) is 25.6. The van der Waals surface area contributed by atoms with Crippen LogP contribution in [0.2, 0.25) is 0 Å². The first kappa shape index (κ1) is 56.8. The molecule has 4 atom stereocenters. The van der Waals surface area contributed by atoms with Crippen molar-refractivity contribution >= 4 is 11.9 Å². The second-order valence-corrected chi connectivity index (χ2v) is 19.6. The second-order valence-electron chi connectivity index (χ2n) is 19.6. The lowest BCUT2D eigenvalue weighted by Gasteiger charge is -2.46. The maximum atomic E-state index is 12.8. The van der Waals surface area contributed by atoms with Crippen molar-refractivity contribution in [1.82, 2.24) is 0 Å². The van der Waals surface area contributed by atoms with Crippen LogP contribution in [-0.4, -0.2) is 145 Å². The summed E-state index contributed by atoms with van der Waals surface area (Å²) >= 11 is 0. The van der Waals surface area contributed by atoms with Crippen LogP contribution in [0.15, 0.2) is 60.7 Å². The van der Waals surface area contributed by atoms with Crippen LogP contribution in [0.25, 0.3) is 0 Å². The van der Waals surface area contributed by atoms with Gasteiger partial charge in [0, 0.05) is 55.6 Å². The third-order valence-electron chi connectivity index (χ3n) is 14.7. The van der Waals surface area contributed by atoms with Crippen molar-refractivity contribution < 1.29 is 75.4 Å². The average Bonchev–Trinajstić information content (AvgIpc) is 3.41. The fourth-order valence-corrected chi connectivity index (χ4v) is 10.9. The highest BCUT2D eigenvalue weighted by Crippen LogP contribution is 2.46. The van der Waals surface area contributed by atoms with Crippen LogP contribution in [0, 0.1) is 0 Å². The molecule has 0 fully saturated rings. The van der Waals surface area contributed by atoms with Gasteiger partial charge < -0.3 is 65.8 Å². The molecule has 2 aliphatic rings. The van der Waals surface area contributed by atoms with Gasteiger partial charge in [-0.05, 0) is 90.0 Å². The van der Waals surface area contributed by atoms with Gasteiger partial charge >= 0.3 is 11.9 Å². The molecule has 0 aliphatic carbocycles. The Kier molecular flexibility index (Phi) is 20.4. The van der Waals surface area contributed by atoms with Crippen LogP contribution in [0.3, 0.4) is 0 Å². The molecule has 0 saturated carbocycles. The van der Waals surface area contributed by atoms with Crippen LogP contribution in [0.1, 0.15) is 83.9 Å². The van der Waals surface area contributed by atoms with Gasteiger partial charge in [-0.15, -0.1) is 0 Å². The quantitative estimate of drug-likeness (QED) is 0.0231. The Labute approximate surface area is 438 Å². The number of carbonyl (C=O) groups excluding carboxylic acids is 2. The van der Waals surface area contributed by atoms with Gasteiger partial charge in [0.05, 0.1) is 125 Å². The summed E-state index contributed by atoms with van der Waals surface area (Å²) in [5.41, 5.74) is 6.95. The second kappa shape index (κ2) is 26.6. The number of benzene rings is 4. The summed E-state index contributed by atoms with van der Waals surface area (Å²) in [6.07, 6.45) is 9.16. The van der Waals surface area contributed by atoms with E-state index < -0.39 is 0 Å². The third kappa shape index (κ3) is 13.8. The van der Waals surface area contributed by atoms with E-state index in [4.69, 9.17) is 56.8 Å². The standard InChI is InChI=1S/C58H80N2O14/c1-59(37-42(44-35-49(65-5)48(64-4)34-43(44)38-59)27-39-29-51(67-7)57(71-11)52(30-39)68-8)22-17-25-73-55(61)19-15-13-14-16-20-56(62)74-26-18-23-60(2)24-21-41-33-47(63-3)50(66-6)36-45(41)46(60)28-40-31-53(69-9)58(72-12)54(32-40)70-10/h13-14,29-36,42,46H,15-28,37-38H2,1-12H3/q+2/b14-13+/t42-,46+,59?,60?/m0/s1. The van der Waals surface area contributed by atoms with Gasteiger partial charge in [0.2, 0.25) is 11.5 Å². The molecule has 0 bridgehead atoms. The molecule has 16 heteroatoms. The number of methoxy groups -OCH3 is 10. The fourth-order valence-electron chi connectivity index (χ4n) is 10.9. The molecule has 2 unspecified atom stereocenters. The molecule has 0 amide bonds. The molecule has 4 aromatic rings. The molecule has 0 saturated heterocycles. The summed E-state index contributed by atoms with van der Waals surface area (Å²) < 4.78 is 69.7. The minimum Gasteiger partial charge on any atom is -0.493 e. The number of rotatable bonds is 28. The molecule has 16 nitrogen and oxygen atoms in total. The molecule has 0 spiro atoms. The molecular weight excluding hydrogens is 949 g/mol. The van der Waals surface area contributed by atoms with Crippen LogP contribution in [-0.2, 0) is 44.9 Å². The van der Waals surface area contributed by atoms with Crippen LogP contribution in [0.5, 0.6) is 57.5 Å². The summed E-state index contributed by atoms with van der Waals surface area (Å²) in [5, 5.41) is 0. The molecular formula is C58H80N2O14+2. The average molecular weight is 1030 g/mol. The van der Waals surface area contributed by atoms with Gasteiger partial charge in [0.25, 0.3) is 0 Å². The summed E-state index contributed by atoms with van der Waals surface area (Å²) in [6.45, 7) is 4.83. The molecule has 6 rings (SSSR count). The highest BCUT2D eigenvalue weighted by Gasteiger charge is 2.41. The minimum atomic E-state index is -0.244. The highest BCUT2D eigenvalue weighted by atomic mass is 16.6. The monoisotopic (exact) mass is 1030 g/mol. The number of nitrogens with zero attached hydrogens (tertiary/aromatic N) is 2. The van der Waals surface area contributed by atoms with Crippen molar-refractivity contribution in [3.8, 4) is 57.5 Å². The third-order valence-corrected chi connectivity index (χ3v) is 14.7. The number of hydrogen-bond acceptors (Lipinski definition) is 14. The number of carbonyl (C=O) groups is 2. The first-order chi connectivity index (χ1) is 35.7. The number of hydrogen-bond donors (Lipinski definition) is 0. The largest absolute Gasteiger partial charge is 0.493 e. The zero-order chi connectivity index (χ0) is 53.4. The molecule has 2 aliphatic heterocycles. The Morgan fingerprint density at radius 3 is 1.42 bits per heavy atom. The molecule has 74 heavy (non-hydrogen) atoms. The van der Waals surface area contributed by atoms with Crippen molar-refractivity contribution in [1.29, 1.82) is 0 Å². The maximum absolute atomic E-state index is 12.8. The number of fused-ring (bicyclic) bond motifs is 2. The lowest BCUT2D eigenvalue weighted by atomic mass is 9.83. The van der Waals surface area contributed by atoms with Crippen LogP contribution in [0.4, 0.5) is 0 Å². The summed E-state index contributed by atoms with van der Waals surface area (Å²) in [7, 11) is 20.9. The number of quaternary nitrogens is 2. The Hall–Kier alpha value is -6.52. The summed E-state index contributed by atoms with van der Waals surface area (Å²) in [6, 6.07) is 16.5. The van der Waals surface area contributed by atoms with E-state index in [0.717, 1.165) is 65.7 Å². The Morgan fingerprint density at radius 2 is 0.946 bits per heavy atom. The molecule has 4 aromatic carbocycles. The molecule has 0 aromatic heterocycles. The predicted octanol–water partition coefficient (Wildman–Crippen LogP) is 9.03. The Morgan fingerprint density at radius 1 is 0.514 bits per heavy atom. The number of ether oxygens (including phenoxy) is 12. The van der Waals surface area contributed by atoms with Crippen molar-refractivity contribution in [3.63, 3.8) is 0 Å². The fraction of sp³-hybridized carbons (Fsp3) is 0.517. The first-order valence-corrected chi connectivity index (χ1v) is 25.4. The Bertz CT molecular complexity index is 2510. The van der Waals surface area contributed by atoms with Gasteiger partial charge in [-0.25, -0.2) is 0 Å². The van der Waals surface area contributed by atoms with E-state index in [1.165, 1.54) is 22.3 Å². The molecule has 2 heterocycles. The van der Waals surface area contributed by atoms with Gasteiger partial charge in [0.1, 0.15) is 12.6 Å². The summed E-state index contributed by atoms with van der Waals surface area (Å²) in [5.74, 6) is 6.00. The van der Waals surface area contributed by atoms with Gasteiger partial charge in [0.15, 0.2) is 46.0 Å². The zero-order valence-electron chi connectivity index (χ0n) is 45.9.